The van der Waals surface area contributed by atoms with Crippen LogP contribution in [-0.2, 0) is 11.2 Å². The number of rotatable bonds is 5. The highest BCUT2D eigenvalue weighted by atomic mass is 35.5. The van der Waals surface area contributed by atoms with Gasteiger partial charge in [-0.1, -0.05) is 48.0 Å². The van der Waals surface area contributed by atoms with Gasteiger partial charge in [-0.15, -0.1) is 0 Å². The summed E-state index contributed by atoms with van der Waals surface area (Å²) in [5.41, 5.74) is 5.51. The van der Waals surface area contributed by atoms with Crippen LogP contribution in [0.4, 0.5) is 4.79 Å². The van der Waals surface area contributed by atoms with Crippen molar-refractivity contribution in [1.29, 1.82) is 0 Å². The van der Waals surface area contributed by atoms with Gasteiger partial charge < -0.3 is 14.5 Å². The minimum Gasteiger partial charge on any atom is -0.497 e. The number of carbonyl (C=O) groups is 1. The first-order valence-corrected chi connectivity index (χ1v) is 11.2. The number of aryl methyl sites for hydroxylation is 1. The smallest absolute Gasteiger partial charge is 0.415 e. The molecule has 1 amide bonds. The van der Waals surface area contributed by atoms with Crippen molar-refractivity contribution >= 4 is 28.6 Å². The molecule has 1 aromatic heterocycles. The van der Waals surface area contributed by atoms with Crippen molar-refractivity contribution in [2.75, 3.05) is 13.7 Å². The van der Waals surface area contributed by atoms with E-state index in [9.17, 15) is 4.79 Å². The SMILES string of the molecule is C=C/C(Cl)=C\C=C(/C)OC(=O)N1CCc2c([nH]c3ccc(C)cc23)C1c1ccc(OC)cc1. The van der Waals surface area contributed by atoms with Gasteiger partial charge in [-0.25, -0.2) is 4.79 Å². The second kappa shape index (κ2) is 9.59. The van der Waals surface area contributed by atoms with Gasteiger partial charge in [0.05, 0.1) is 7.11 Å². The van der Waals surface area contributed by atoms with E-state index in [1.807, 2.05) is 24.3 Å². The fourth-order valence-corrected chi connectivity index (χ4v) is 4.29. The first kappa shape index (κ1) is 22.7. The molecular weight excluding hydrogens is 436 g/mol. The fraction of sp³-hybridized carbons (Fsp3) is 0.222. The quantitative estimate of drug-likeness (QED) is 0.336. The number of aromatic nitrogens is 1. The Morgan fingerprint density at radius 3 is 2.67 bits per heavy atom. The normalized spacial score (nSPS) is 16.5. The molecule has 4 rings (SSSR count). The lowest BCUT2D eigenvalue weighted by Crippen LogP contribution is -2.40. The minimum absolute atomic E-state index is 0.306. The molecule has 0 bridgehead atoms. The van der Waals surface area contributed by atoms with E-state index >= 15 is 0 Å². The number of amides is 1. The Morgan fingerprint density at radius 1 is 1.21 bits per heavy atom. The summed E-state index contributed by atoms with van der Waals surface area (Å²) in [6, 6.07) is 13.9. The van der Waals surface area contributed by atoms with Gasteiger partial charge in [0.1, 0.15) is 17.6 Å². The number of halogens is 1. The molecule has 1 aliphatic heterocycles. The van der Waals surface area contributed by atoms with Gasteiger partial charge in [-0.3, -0.25) is 4.90 Å². The summed E-state index contributed by atoms with van der Waals surface area (Å²) >= 11 is 5.96. The van der Waals surface area contributed by atoms with Crippen LogP contribution in [0.2, 0.25) is 0 Å². The summed E-state index contributed by atoms with van der Waals surface area (Å²) in [6.07, 6.45) is 5.16. The van der Waals surface area contributed by atoms with Crippen LogP contribution in [0, 0.1) is 6.92 Å². The summed E-state index contributed by atoms with van der Waals surface area (Å²) in [7, 11) is 1.64. The molecule has 1 N–H and O–H groups in total. The van der Waals surface area contributed by atoms with Gasteiger partial charge in [0.25, 0.3) is 0 Å². The van der Waals surface area contributed by atoms with Crippen LogP contribution in [-0.4, -0.2) is 29.6 Å². The lowest BCUT2D eigenvalue weighted by atomic mass is 9.92. The highest BCUT2D eigenvalue weighted by Crippen LogP contribution is 2.39. The average Bonchev–Trinajstić information content (AvgIpc) is 3.19. The molecule has 2 aromatic carbocycles. The van der Waals surface area contributed by atoms with E-state index in [1.54, 1.807) is 31.1 Å². The van der Waals surface area contributed by atoms with Gasteiger partial charge in [-0.2, -0.15) is 0 Å². The van der Waals surface area contributed by atoms with Crippen LogP contribution in [0.5, 0.6) is 5.75 Å². The van der Waals surface area contributed by atoms with Crippen molar-refractivity contribution in [3.63, 3.8) is 0 Å². The maximum absolute atomic E-state index is 13.3. The van der Waals surface area contributed by atoms with Crippen LogP contribution < -0.4 is 4.74 Å². The number of aromatic amines is 1. The second-order valence-corrected chi connectivity index (χ2v) is 8.52. The number of fused-ring (bicyclic) bond motifs is 3. The third-order valence-corrected chi connectivity index (χ3v) is 6.15. The number of carbonyl (C=O) groups excluding carboxylic acids is 1. The van der Waals surface area contributed by atoms with E-state index in [-0.39, 0.29) is 6.04 Å². The molecule has 2 heterocycles. The largest absolute Gasteiger partial charge is 0.497 e. The molecule has 0 aliphatic carbocycles. The molecular formula is C27H27ClN2O3. The lowest BCUT2D eigenvalue weighted by Gasteiger charge is -2.35. The minimum atomic E-state index is -0.409. The summed E-state index contributed by atoms with van der Waals surface area (Å²) in [5.74, 6) is 1.22. The Morgan fingerprint density at radius 2 is 1.97 bits per heavy atom. The van der Waals surface area contributed by atoms with E-state index in [0.29, 0.717) is 17.3 Å². The van der Waals surface area contributed by atoms with Gasteiger partial charge in [0, 0.05) is 28.2 Å². The van der Waals surface area contributed by atoms with Crippen molar-refractivity contribution in [3.05, 3.63) is 100 Å². The van der Waals surface area contributed by atoms with E-state index in [0.717, 1.165) is 28.9 Å². The third kappa shape index (κ3) is 4.69. The van der Waals surface area contributed by atoms with E-state index in [4.69, 9.17) is 21.1 Å². The first-order chi connectivity index (χ1) is 15.9. The van der Waals surface area contributed by atoms with Gasteiger partial charge in [0.15, 0.2) is 0 Å². The number of H-pyrrole nitrogens is 1. The lowest BCUT2D eigenvalue weighted by molar-refractivity contribution is 0.113. The Labute approximate surface area is 199 Å². The highest BCUT2D eigenvalue weighted by molar-refractivity contribution is 6.31. The monoisotopic (exact) mass is 462 g/mol. The van der Waals surface area contributed by atoms with Crippen LogP contribution in [0.3, 0.4) is 0 Å². The molecule has 5 nitrogen and oxygen atoms in total. The number of nitrogens with zero attached hydrogens (tertiary/aromatic N) is 1. The zero-order valence-corrected chi connectivity index (χ0v) is 19.8. The standard InChI is InChI=1S/C27H27ClN2O3/c1-5-20(28)10-7-18(3)33-27(31)30-15-14-22-23-16-17(2)6-13-24(23)29-25(22)26(30)19-8-11-21(32-4)12-9-19/h5-13,16,26,29H,1,14-15H2,2-4H3/b18-7+,20-10+. The molecule has 0 spiro atoms. The zero-order chi connectivity index (χ0) is 23.5. The van der Waals surface area contributed by atoms with Gasteiger partial charge in [0.2, 0.25) is 0 Å². The summed E-state index contributed by atoms with van der Waals surface area (Å²) in [5, 5.41) is 1.68. The molecule has 170 valence electrons. The molecule has 0 radical (unpaired) electrons. The fourth-order valence-electron chi connectivity index (χ4n) is 4.23. The summed E-state index contributed by atoms with van der Waals surface area (Å²) in [4.78, 5) is 18.6. The Kier molecular flexibility index (Phi) is 6.61. The Balaban J connectivity index is 1.74. The third-order valence-electron chi connectivity index (χ3n) is 5.87. The predicted molar refractivity (Wildman–Crippen MR) is 133 cm³/mol. The molecule has 6 heteroatoms. The number of allylic oxidation sites excluding steroid dienone is 5. The number of hydrogen-bond acceptors (Lipinski definition) is 3. The molecule has 33 heavy (non-hydrogen) atoms. The number of nitrogens with one attached hydrogen (secondary N) is 1. The molecule has 0 fully saturated rings. The van der Waals surface area contributed by atoms with Crippen LogP contribution in [0.25, 0.3) is 10.9 Å². The zero-order valence-electron chi connectivity index (χ0n) is 19.0. The second-order valence-electron chi connectivity index (χ2n) is 8.09. The predicted octanol–water partition coefficient (Wildman–Crippen LogP) is 6.78. The van der Waals surface area contributed by atoms with Crippen molar-refractivity contribution in [2.45, 2.75) is 26.3 Å². The maximum atomic E-state index is 13.3. The van der Waals surface area contributed by atoms with Gasteiger partial charge in [-0.05, 0) is 67.8 Å². The summed E-state index contributed by atoms with van der Waals surface area (Å²) in [6.45, 7) is 7.98. The van der Waals surface area contributed by atoms with E-state index in [2.05, 4.69) is 36.7 Å². The molecule has 1 aliphatic rings. The van der Waals surface area contributed by atoms with Crippen molar-refractivity contribution in [1.82, 2.24) is 9.88 Å². The topological polar surface area (TPSA) is 54.6 Å². The molecule has 1 atom stereocenters. The highest BCUT2D eigenvalue weighted by Gasteiger charge is 2.35. The number of methoxy groups -OCH3 is 1. The van der Waals surface area contributed by atoms with Crippen LogP contribution in [0.1, 0.15) is 35.3 Å². The number of hydrogen-bond donors (Lipinski definition) is 1. The number of ether oxygens (including phenoxy) is 2. The molecule has 0 saturated carbocycles. The van der Waals surface area contributed by atoms with Crippen molar-refractivity contribution < 1.29 is 14.3 Å². The van der Waals surface area contributed by atoms with E-state index < -0.39 is 6.09 Å². The Hall–Kier alpha value is -3.44. The Bertz CT molecular complexity index is 1250. The van der Waals surface area contributed by atoms with Gasteiger partial charge >= 0.3 is 6.09 Å². The molecule has 3 aromatic rings. The van der Waals surface area contributed by atoms with Crippen molar-refractivity contribution in [3.8, 4) is 5.75 Å². The van der Waals surface area contributed by atoms with E-state index in [1.165, 1.54) is 22.6 Å². The molecule has 1 unspecified atom stereocenters. The number of benzene rings is 2. The summed E-state index contributed by atoms with van der Waals surface area (Å²) < 4.78 is 11.0. The average molecular weight is 463 g/mol. The molecule has 0 saturated heterocycles. The maximum Gasteiger partial charge on any atom is 0.415 e. The first-order valence-electron chi connectivity index (χ1n) is 10.8. The van der Waals surface area contributed by atoms with Crippen molar-refractivity contribution in [2.24, 2.45) is 0 Å². The van der Waals surface area contributed by atoms with Crippen LogP contribution >= 0.6 is 11.6 Å². The van der Waals surface area contributed by atoms with Crippen LogP contribution in [0.15, 0.2) is 78.1 Å².